The van der Waals surface area contributed by atoms with Crippen molar-refractivity contribution in [2.45, 2.75) is 45.8 Å². The van der Waals surface area contributed by atoms with Crippen LogP contribution in [-0.4, -0.2) is 21.1 Å². The van der Waals surface area contributed by atoms with E-state index >= 15 is 0 Å². The fourth-order valence-electron chi connectivity index (χ4n) is 4.79. The highest BCUT2D eigenvalue weighted by Crippen LogP contribution is 2.40. The molecule has 1 fully saturated rings. The quantitative estimate of drug-likeness (QED) is 0.151. The molecule has 2 heterocycles. The van der Waals surface area contributed by atoms with Crippen LogP contribution in [0.1, 0.15) is 50.1 Å². The standard InChI is InChI=1S/C33H31F4N3O/c1-4-6-27(31(34)21(2)3)32-38-29-15-16-40(19-30(29)39-32)18-22-9-11-24(12-10-22)26-14-13-25(17-28(26)33(35,36)37)41-20-23-7-5-8-23/h4,6,9-17,19,23H,2,5,7-8,18,20H2,1,3H3/b6-4-,31-27-. The molecule has 0 atom stereocenters. The average molecular weight is 562 g/mol. The van der Waals surface area contributed by atoms with E-state index in [1.165, 1.54) is 6.07 Å². The lowest BCUT2D eigenvalue weighted by molar-refractivity contribution is -0.137. The number of pyridine rings is 1. The van der Waals surface area contributed by atoms with E-state index in [0.29, 0.717) is 41.6 Å². The van der Waals surface area contributed by atoms with Crippen molar-refractivity contribution in [2.75, 3.05) is 6.61 Å². The number of fused-ring (bicyclic) bond motifs is 1. The largest absolute Gasteiger partial charge is 0.493 e. The number of nitrogens with zero attached hydrogens (tertiary/aromatic N) is 3. The molecule has 212 valence electrons. The minimum absolute atomic E-state index is 0.112. The van der Waals surface area contributed by atoms with Crippen molar-refractivity contribution >= 4 is 5.57 Å². The summed E-state index contributed by atoms with van der Waals surface area (Å²) in [7, 11) is 0. The van der Waals surface area contributed by atoms with Gasteiger partial charge in [0.1, 0.15) is 17.3 Å². The Morgan fingerprint density at radius 2 is 1.80 bits per heavy atom. The SMILES string of the molecule is C=C(C)/C(F)=C(\C=C/C)c1nc2ccn(Cc3ccc(-c4ccc(OCC5CCC5)cc4C(F)(F)F)cc3)cc-2n1. The highest BCUT2D eigenvalue weighted by Gasteiger charge is 2.34. The Bertz CT molecular complexity index is 1580. The molecule has 0 bridgehead atoms. The zero-order chi connectivity index (χ0) is 29.1. The van der Waals surface area contributed by atoms with E-state index in [0.717, 1.165) is 30.9 Å². The number of imidazole rings is 1. The second kappa shape index (κ2) is 11.7. The van der Waals surface area contributed by atoms with Crippen LogP contribution in [0.3, 0.4) is 0 Å². The molecule has 4 nitrogen and oxygen atoms in total. The van der Waals surface area contributed by atoms with Crippen LogP contribution >= 0.6 is 0 Å². The number of benzene rings is 2. The van der Waals surface area contributed by atoms with Gasteiger partial charge in [-0.05, 0) is 73.1 Å². The van der Waals surface area contributed by atoms with Gasteiger partial charge in [-0.2, -0.15) is 13.2 Å². The molecule has 1 aliphatic carbocycles. The smallest absolute Gasteiger partial charge is 0.417 e. The van der Waals surface area contributed by atoms with Crippen LogP contribution in [-0.2, 0) is 12.7 Å². The molecule has 0 radical (unpaired) electrons. The van der Waals surface area contributed by atoms with E-state index < -0.39 is 17.6 Å². The lowest BCUT2D eigenvalue weighted by atomic mass is 9.86. The summed E-state index contributed by atoms with van der Waals surface area (Å²) in [6.07, 6.45) is 5.76. The molecular weight excluding hydrogens is 530 g/mol. The van der Waals surface area contributed by atoms with Gasteiger partial charge in [0.2, 0.25) is 0 Å². The summed E-state index contributed by atoms with van der Waals surface area (Å²) in [5.74, 6) is 0.489. The van der Waals surface area contributed by atoms with Gasteiger partial charge >= 0.3 is 6.18 Å². The van der Waals surface area contributed by atoms with Gasteiger partial charge in [0, 0.05) is 18.9 Å². The average Bonchev–Trinajstić information content (AvgIpc) is 3.33. The van der Waals surface area contributed by atoms with E-state index in [1.54, 1.807) is 50.3 Å². The number of aromatic nitrogens is 3. The molecule has 2 aromatic carbocycles. The maximum atomic E-state index is 14.7. The number of halogens is 4. The van der Waals surface area contributed by atoms with E-state index in [9.17, 15) is 17.6 Å². The van der Waals surface area contributed by atoms with Gasteiger partial charge in [-0.1, -0.05) is 55.5 Å². The molecular formula is C33H31F4N3O. The highest BCUT2D eigenvalue weighted by molar-refractivity contribution is 5.76. The topological polar surface area (TPSA) is 39.9 Å². The summed E-state index contributed by atoms with van der Waals surface area (Å²) in [6.45, 7) is 7.97. The first-order valence-corrected chi connectivity index (χ1v) is 13.6. The molecule has 0 saturated heterocycles. The Hall–Kier alpha value is -4.20. The third-order valence-electron chi connectivity index (χ3n) is 7.25. The fourth-order valence-corrected chi connectivity index (χ4v) is 4.79. The molecule has 0 unspecified atom stereocenters. The Balaban J connectivity index is 1.36. The van der Waals surface area contributed by atoms with Gasteiger partial charge in [0.25, 0.3) is 0 Å². The van der Waals surface area contributed by atoms with Gasteiger partial charge in [0.05, 0.1) is 23.4 Å². The summed E-state index contributed by atoms with van der Waals surface area (Å²) in [5, 5.41) is 0. The first-order chi connectivity index (χ1) is 19.6. The van der Waals surface area contributed by atoms with E-state index in [1.807, 2.05) is 29.1 Å². The van der Waals surface area contributed by atoms with Crippen LogP contribution in [0.5, 0.6) is 5.75 Å². The molecule has 8 heteroatoms. The lowest BCUT2D eigenvalue weighted by Crippen LogP contribution is -2.19. The van der Waals surface area contributed by atoms with Gasteiger partial charge in [-0.3, -0.25) is 0 Å². The van der Waals surface area contributed by atoms with Crippen molar-refractivity contribution in [3.63, 3.8) is 0 Å². The van der Waals surface area contributed by atoms with Crippen molar-refractivity contribution in [1.29, 1.82) is 0 Å². The summed E-state index contributed by atoms with van der Waals surface area (Å²) in [6, 6.07) is 13.0. The normalized spacial score (nSPS) is 14.8. The molecule has 5 rings (SSSR count). The Morgan fingerprint density at radius 1 is 1.07 bits per heavy atom. The van der Waals surface area contributed by atoms with Gasteiger partial charge in [-0.25, -0.2) is 14.4 Å². The molecule has 0 spiro atoms. The van der Waals surface area contributed by atoms with Crippen LogP contribution in [0.4, 0.5) is 17.6 Å². The van der Waals surface area contributed by atoms with E-state index in [4.69, 9.17) is 4.74 Å². The summed E-state index contributed by atoms with van der Waals surface area (Å²) in [4.78, 5) is 9.00. The third-order valence-corrected chi connectivity index (χ3v) is 7.25. The number of alkyl halides is 3. The van der Waals surface area contributed by atoms with Gasteiger partial charge in [0.15, 0.2) is 5.82 Å². The highest BCUT2D eigenvalue weighted by atomic mass is 19.4. The van der Waals surface area contributed by atoms with Crippen molar-refractivity contribution in [2.24, 2.45) is 5.92 Å². The number of allylic oxidation sites excluding steroid dienone is 5. The van der Waals surface area contributed by atoms with Crippen LogP contribution in [0.15, 0.2) is 91.1 Å². The van der Waals surface area contributed by atoms with Crippen molar-refractivity contribution in [3.05, 3.63) is 108 Å². The molecule has 0 aromatic heterocycles. The molecule has 1 saturated carbocycles. The van der Waals surface area contributed by atoms with Gasteiger partial charge < -0.3 is 9.30 Å². The minimum Gasteiger partial charge on any atom is -0.493 e. The predicted molar refractivity (Wildman–Crippen MR) is 153 cm³/mol. The van der Waals surface area contributed by atoms with Crippen LogP contribution in [0.2, 0.25) is 0 Å². The Labute approximate surface area is 237 Å². The lowest BCUT2D eigenvalue weighted by Gasteiger charge is -2.25. The van der Waals surface area contributed by atoms with Crippen molar-refractivity contribution in [3.8, 4) is 28.3 Å². The molecule has 0 amide bonds. The first kappa shape index (κ1) is 28.3. The zero-order valence-electron chi connectivity index (χ0n) is 23.0. The maximum Gasteiger partial charge on any atom is 0.417 e. The first-order valence-electron chi connectivity index (χ1n) is 13.6. The Kier molecular flexibility index (Phi) is 8.10. The molecule has 2 aliphatic heterocycles. The van der Waals surface area contributed by atoms with Gasteiger partial charge in [-0.15, -0.1) is 0 Å². The molecule has 3 aliphatic rings. The number of hydrogen-bond donors (Lipinski definition) is 0. The van der Waals surface area contributed by atoms with Crippen LogP contribution in [0, 0.1) is 5.92 Å². The molecule has 0 N–H and O–H groups in total. The Morgan fingerprint density at radius 3 is 2.44 bits per heavy atom. The zero-order valence-corrected chi connectivity index (χ0v) is 23.0. The van der Waals surface area contributed by atoms with E-state index in [-0.39, 0.29) is 22.7 Å². The van der Waals surface area contributed by atoms with Crippen molar-refractivity contribution in [1.82, 2.24) is 14.5 Å². The fraction of sp³-hybridized carbons (Fsp3) is 0.273. The number of hydrogen-bond acceptors (Lipinski definition) is 3. The maximum absolute atomic E-state index is 14.7. The summed E-state index contributed by atoms with van der Waals surface area (Å²) >= 11 is 0. The summed E-state index contributed by atoms with van der Waals surface area (Å²) < 4.78 is 64.1. The minimum atomic E-state index is -4.51. The predicted octanol–water partition coefficient (Wildman–Crippen LogP) is 9.13. The molecule has 41 heavy (non-hydrogen) atoms. The second-order valence-electron chi connectivity index (χ2n) is 10.5. The van der Waals surface area contributed by atoms with Crippen molar-refractivity contribution < 1.29 is 22.3 Å². The monoisotopic (exact) mass is 561 g/mol. The molecule has 2 aromatic rings. The number of rotatable bonds is 9. The van der Waals surface area contributed by atoms with Crippen LogP contribution < -0.4 is 4.74 Å². The third kappa shape index (κ3) is 6.42. The second-order valence-corrected chi connectivity index (χ2v) is 10.5. The van der Waals surface area contributed by atoms with Crippen LogP contribution in [0.25, 0.3) is 28.1 Å². The number of ether oxygens (including phenoxy) is 1. The summed E-state index contributed by atoms with van der Waals surface area (Å²) in [5.41, 5.74) is 2.57. The van der Waals surface area contributed by atoms with E-state index in [2.05, 4.69) is 16.5 Å².